The summed E-state index contributed by atoms with van der Waals surface area (Å²) in [6.45, 7) is 0. The van der Waals surface area contributed by atoms with Gasteiger partial charge in [-0.25, -0.2) is 0 Å². The number of carboxylic acids is 1. The van der Waals surface area contributed by atoms with E-state index in [9.17, 15) is 15.0 Å². The lowest BCUT2D eigenvalue weighted by molar-refractivity contribution is -0.147. The highest BCUT2D eigenvalue weighted by Gasteiger charge is 2.36. The Kier molecular flexibility index (Phi) is 4.89. The van der Waals surface area contributed by atoms with Gasteiger partial charge in [-0.15, -0.1) is 0 Å². The van der Waals surface area contributed by atoms with E-state index < -0.39 is 18.0 Å². The summed E-state index contributed by atoms with van der Waals surface area (Å²) in [5, 5.41) is 20.2. The minimum Gasteiger partial charge on any atom is -0.495 e. The zero-order valence-corrected chi connectivity index (χ0v) is 12.1. The van der Waals surface area contributed by atoms with Gasteiger partial charge in [-0.05, 0) is 30.5 Å². The minimum atomic E-state index is -0.826. The van der Waals surface area contributed by atoms with Crippen LogP contribution in [0.4, 0.5) is 0 Å². The fourth-order valence-electron chi connectivity index (χ4n) is 2.96. The first kappa shape index (κ1) is 15.1. The zero-order chi connectivity index (χ0) is 14.7. The van der Waals surface area contributed by atoms with Crippen LogP contribution in [0.3, 0.4) is 0 Å². The number of carboxylic acid groups (broad SMARTS) is 1. The highest BCUT2D eigenvalue weighted by Crippen LogP contribution is 2.40. The second-order valence-corrected chi connectivity index (χ2v) is 5.64. The smallest absolute Gasteiger partial charge is 0.306 e. The lowest BCUT2D eigenvalue weighted by Crippen LogP contribution is -2.31. The van der Waals surface area contributed by atoms with Crippen LogP contribution in [0, 0.1) is 11.8 Å². The summed E-state index contributed by atoms with van der Waals surface area (Å²) in [5.74, 6) is -1.03. The fourth-order valence-corrected chi connectivity index (χ4v) is 3.22. The average molecular weight is 299 g/mol. The largest absolute Gasteiger partial charge is 0.495 e. The van der Waals surface area contributed by atoms with Crippen LogP contribution in [-0.4, -0.2) is 23.3 Å². The van der Waals surface area contributed by atoms with Crippen molar-refractivity contribution >= 4 is 17.6 Å². The predicted molar refractivity (Wildman–Crippen MR) is 76.0 cm³/mol. The van der Waals surface area contributed by atoms with Gasteiger partial charge in [-0.2, -0.15) is 0 Å². The topological polar surface area (TPSA) is 66.8 Å². The molecule has 0 aliphatic heterocycles. The molecule has 0 bridgehead atoms. The lowest BCUT2D eigenvalue weighted by atomic mass is 9.74. The molecule has 3 atom stereocenters. The van der Waals surface area contributed by atoms with Gasteiger partial charge in [-0.3, -0.25) is 4.79 Å². The molecule has 1 aliphatic carbocycles. The molecule has 2 N–H and O–H groups in total. The number of aliphatic carboxylic acids is 1. The third kappa shape index (κ3) is 3.07. The minimum absolute atomic E-state index is 0.259. The normalized spacial score (nSPS) is 24.1. The third-order valence-electron chi connectivity index (χ3n) is 4.06. The number of aliphatic hydroxyl groups excluding tert-OH is 1. The summed E-state index contributed by atoms with van der Waals surface area (Å²) in [5.41, 5.74) is 0.647. The van der Waals surface area contributed by atoms with Crippen molar-refractivity contribution in [1.29, 1.82) is 0 Å². The Labute approximate surface area is 123 Å². The molecular formula is C15H19ClO4. The summed E-state index contributed by atoms with van der Waals surface area (Å²) >= 11 is 6.06. The van der Waals surface area contributed by atoms with Crippen LogP contribution in [-0.2, 0) is 4.79 Å². The number of rotatable bonds is 4. The molecule has 1 aliphatic rings. The molecule has 110 valence electrons. The number of hydrogen-bond acceptors (Lipinski definition) is 3. The Hall–Kier alpha value is -1.26. The SMILES string of the molecule is COc1ccc(C(O)C2CCCCC2C(=O)O)cc1Cl. The van der Waals surface area contributed by atoms with E-state index in [1.807, 2.05) is 0 Å². The van der Waals surface area contributed by atoms with E-state index >= 15 is 0 Å². The number of benzene rings is 1. The van der Waals surface area contributed by atoms with E-state index in [-0.39, 0.29) is 5.92 Å². The van der Waals surface area contributed by atoms with Crippen molar-refractivity contribution < 1.29 is 19.7 Å². The Balaban J connectivity index is 2.22. The van der Waals surface area contributed by atoms with Crippen LogP contribution >= 0.6 is 11.6 Å². The van der Waals surface area contributed by atoms with E-state index in [1.54, 1.807) is 18.2 Å². The number of methoxy groups -OCH3 is 1. The maximum absolute atomic E-state index is 11.3. The lowest BCUT2D eigenvalue weighted by Gasteiger charge is -2.32. The van der Waals surface area contributed by atoms with Gasteiger partial charge >= 0.3 is 5.97 Å². The zero-order valence-electron chi connectivity index (χ0n) is 11.4. The molecule has 0 radical (unpaired) electrons. The number of hydrogen-bond donors (Lipinski definition) is 2. The van der Waals surface area contributed by atoms with Crippen molar-refractivity contribution in [2.45, 2.75) is 31.8 Å². The molecule has 1 aromatic rings. The van der Waals surface area contributed by atoms with Crippen molar-refractivity contribution in [3.63, 3.8) is 0 Å². The quantitative estimate of drug-likeness (QED) is 0.895. The van der Waals surface area contributed by atoms with Gasteiger partial charge in [0.1, 0.15) is 5.75 Å². The molecular weight excluding hydrogens is 280 g/mol. The maximum Gasteiger partial charge on any atom is 0.306 e. The maximum atomic E-state index is 11.3. The molecule has 1 aromatic carbocycles. The fraction of sp³-hybridized carbons (Fsp3) is 0.533. The van der Waals surface area contributed by atoms with E-state index in [0.29, 0.717) is 22.8 Å². The second kappa shape index (κ2) is 6.46. The van der Waals surface area contributed by atoms with Crippen LogP contribution < -0.4 is 4.74 Å². The highest BCUT2D eigenvalue weighted by molar-refractivity contribution is 6.32. The number of carbonyl (C=O) groups is 1. The van der Waals surface area contributed by atoms with E-state index in [2.05, 4.69) is 0 Å². The Morgan fingerprint density at radius 1 is 1.40 bits per heavy atom. The Morgan fingerprint density at radius 3 is 2.70 bits per heavy atom. The van der Waals surface area contributed by atoms with Gasteiger partial charge in [0.25, 0.3) is 0 Å². The van der Waals surface area contributed by atoms with Crippen molar-refractivity contribution in [1.82, 2.24) is 0 Å². The summed E-state index contributed by atoms with van der Waals surface area (Å²) in [6, 6.07) is 5.08. The second-order valence-electron chi connectivity index (χ2n) is 5.23. The van der Waals surface area contributed by atoms with Crippen molar-refractivity contribution in [3.05, 3.63) is 28.8 Å². The Bertz CT molecular complexity index is 489. The van der Waals surface area contributed by atoms with Gasteiger partial charge in [-0.1, -0.05) is 30.5 Å². The molecule has 0 heterocycles. The molecule has 5 heteroatoms. The molecule has 0 amide bonds. The average Bonchev–Trinajstić information content (AvgIpc) is 2.46. The molecule has 20 heavy (non-hydrogen) atoms. The van der Waals surface area contributed by atoms with Gasteiger partial charge in [0.2, 0.25) is 0 Å². The molecule has 0 aromatic heterocycles. The molecule has 0 spiro atoms. The van der Waals surface area contributed by atoms with Gasteiger partial charge < -0.3 is 14.9 Å². The van der Waals surface area contributed by atoms with Crippen LogP contribution in [0.15, 0.2) is 18.2 Å². The van der Waals surface area contributed by atoms with Gasteiger partial charge in [0.15, 0.2) is 0 Å². The van der Waals surface area contributed by atoms with Crippen LogP contribution in [0.5, 0.6) is 5.75 Å². The highest BCUT2D eigenvalue weighted by atomic mass is 35.5. The van der Waals surface area contributed by atoms with E-state index in [1.165, 1.54) is 7.11 Å². The van der Waals surface area contributed by atoms with Crippen molar-refractivity contribution in [2.75, 3.05) is 7.11 Å². The number of ether oxygens (including phenoxy) is 1. The van der Waals surface area contributed by atoms with Crippen molar-refractivity contribution in [3.8, 4) is 5.75 Å². The molecule has 3 unspecified atom stereocenters. The first-order valence-corrected chi connectivity index (χ1v) is 7.16. The van der Waals surface area contributed by atoms with Crippen LogP contribution in [0.2, 0.25) is 5.02 Å². The summed E-state index contributed by atoms with van der Waals surface area (Å²) in [7, 11) is 1.53. The number of halogens is 1. The summed E-state index contributed by atoms with van der Waals surface area (Å²) < 4.78 is 5.08. The van der Waals surface area contributed by atoms with Gasteiger partial charge in [0.05, 0.1) is 24.2 Å². The number of aliphatic hydroxyl groups is 1. The standard InChI is InChI=1S/C15H19ClO4/c1-20-13-7-6-9(8-12(13)16)14(17)10-4-2-3-5-11(10)15(18)19/h6-8,10-11,14,17H,2-5H2,1H3,(H,18,19). The first-order valence-electron chi connectivity index (χ1n) is 6.79. The van der Waals surface area contributed by atoms with Gasteiger partial charge in [0, 0.05) is 5.92 Å². The Morgan fingerprint density at radius 2 is 2.10 bits per heavy atom. The monoisotopic (exact) mass is 298 g/mol. The summed E-state index contributed by atoms with van der Waals surface area (Å²) in [6.07, 6.45) is 2.40. The van der Waals surface area contributed by atoms with Crippen LogP contribution in [0.25, 0.3) is 0 Å². The third-order valence-corrected chi connectivity index (χ3v) is 4.35. The predicted octanol–water partition coefficient (Wildman–Crippen LogP) is 3.27. The van der Waals surface area contributed by atoms with Crippen LogP contribution in [0.1, 0.15) is 37.4 Å². The van der Waals surface area contributed by atoms with Crippen molar-refractivity contribution in [2.24, 2.45) is 11.8 Å². The summed E-state index contributed by atoms with van der Waals surface area (Å²) in [4.78, 5) is 11.3. The first-order chi connectivity index (χ1) is 9.54. The van der Waals surface area contributed by atoms with E-state index in [0.717, 1.165) is 19.3 Å². The molecule has 1 saturated carbocycles. The molecule has 4 nitrogen and oxygen atoms in total. The molecule has 1 fully saturated rings. The van der Waals surface area contributed by atoms with E-state index in [4.69, 9.17) is 16.3 Å². The molecule has 2 rings (SSSR count). The molecule has 0 saturated heterocycles.